The number of rotatable bonds is 2. The number of nitrogens with one attached hydrogen (secondary N) is 2. The first-order valence-electron chi connectivity index (χ1n) is 5.86. The van der Waals surface area contributed by atoms with Crippen molar-refractivity contribution in [2.24, 2.45) is 0 Å². The summed E-state index contributed by atoms with van der Waals surface area (Å²) in [6.45, 7) is 2.07. The Bertz CT molecular complexity index is 600. The summed E-state index contributed by atoms with van der Waals surface area (Å²) in [4.78, 5) is 40.7. The van der Waals surface area contributed by atoms with Gasteiger partial charge in [-0.3, -0.25) is 19.9 Å². The SMILES string of the molecule is CC1(CN2Cc3ncccc3C2=O)NC(=O)NC1=O. The van der Waals surface area contributed by atoms with Crippen LogP contribution in [0.3, 0.4) is 0 Å². The maximum absolute atomic E-state index is 12.2. The van der Waals surface area contributed by atoms with Gasteiger partial charge in [0.15, 0.2) is 0 Å². The summed E-state index contributed by atoms with van der Waals surface area (Å²) in [6, 6.07) is 2.88. The molecule has 0 aliphatic carbocycles. The zero-order chi connectivity index (χ0) is 13.6. The van der Waals surface area contributed by atoms with Crippen molar-refractivity contribution in [2.45, 2.75) is 19.0 Å². The molecule has 1 atom stereocenters. The molecule has 0 radical (unpaired) electrons. The topological polar surface area (TPSA) is 91.4 Å². The number of fused-ring (bicyclic) bond motifs is 1. The van der Waals surface area contributed by atoms with Gasteiger partial charge in [-0.25, -0.2) is 4.79 Å². The second-order valence-corrected chi connectivity index (χ2v) is 4.90. The van der Waals surface area contributed by atoms with Crippen molar-refractivity contribution >= 4 is 17.8 Å². The number of pyridine rings is 1. The number of imide groups is 1. The van der Waals surface area contributed by atoms with Gasteiger partial charge in [-0.2, -0.15) is 0 Å². The van der Waals surface area contributed by atoms with Crippen LogP contribution in [-0.4, -0.2) is 39.8 Å². The minimum Gasteiger partial charge on any atom is -0.330 e. The zero-order valence-corrected chi connectivity index (χ0v) is 10.3. The van der Waals surface area contributed by atoms with Crippen molar-refractivity contribution < 1.29 is 14.4 Å². The fourth-order valence-corrected chi connectivity index (χ4v) is 2.38. The lowest BCUT2D eigenvalue weighted by molar-refractivity contribution is -0.123. The Kier molecular flexibility index (Phi) is 2.31. The standard InChI is InChI=1S/C12H12N4O3/c1-12(10(18)14-11(19)15-12)6-16-5-8-7(9(16)17)3-2-4-13-8/h2-4H,5-6H2,1H3,(H2,14,15,18,19). The fraction of sp³-hybridized carbons (Fsp3) is 0.333. The summed E-state index contributed by atoms with van der Waals surface area (Å²) >= 11 is 0. The lowest BCUT2D eigenvalue weighted by Gasteiger charge is -2.26. The molecule has 1 saturated heterocycles. The van der Waals surface area contributed by atoms with Crippen LogP contribution in [0.1, 0.15) is 23.0 Å². The van der Waals surface area contributed by atoms with E-state index in [0.29, 0.717) is 17.8 Å². The first-order valence-corrected chi connectivity index (χ1v) is 5.86. The van der Waals surface area contributed by atoms with E-state index in [2.05, 4.69) is 15.6 Å². The summed E-state index contributed by atoms with van der Waals surface area (Å²) in [5.74, 6) is -0.590. The third-order valence-corrected chi connectivity index (χ3v) is 3.37. The van der Waals surface area contributed by atoms with E-state index in [1.54, 1.807) is 25.3 Å². The highest BCUT2D eigenvalue weighted by Gasteiger charge is 2.45. The summed E-state index contributed by atoms with van der Waals surface area (Å²) in [5.41, 5.74) is 0.158. The van der Waals surface area contributed by atoms with Gasteiger partial charge >= 0.3 is 6.03 Å². The second-order valence-electron chi connectivity index (χ2n) is 4.90. The van der Waals surface area contributed by atoms with Crippen LogP contribution in [-0.2, 0) is 11.3 Å². The molecule has 3 heterocycles. The van der Waals surface area contributed by atoms with E-state index in [9.17, 15) is 14.4 Å². The van der Waals surface area contributed by atoms with Gasteiger partial charge in [-0.05, 0) is 19.1 Å². The molecule has 0 spiro atoms. The highest BCUT2D eigenvalue weighted by atomic mass is 16.2. The van der Waals surface area contributed by atoms with E-state index >= 15 is 0 Å². The minimum atomic E-state index is -1.09. The number of carbonyl (C=O) groups is 3. The van der Waals surface area contributed by atoms with Gasteiger partial charge in [0.05, 0.1) is 24.3 Å². The fourth-order valence-electron chi connectivity index (χ4n) is 2.38. The number of amides is 4. The molecule has 7 nitrogen and oxygen atoms in total. The van der Waals surface area contributed by atoms with Crippen LogP contribution in [0.2, 0.25) is 0 Å². The van der Waals surface area contributed by atoms with Crippen molar-refractivity contribution in [1.29, 1.82) is 0 Å². The Hall–Kier alpha value is -2.44. The van der Waals surface area contributed by atoms with Crippen molar-refractivity contribution in [3.63, 3.8) is 0 Å². The molecule has 2 aliphatic heterocycles. The molecule has 1 aromatic heterocycles. The van der Waals surface area contributed by atoms with Crippen molar-refractivity contribution in [2.75, 3.05) is 6.54 Å². The molecule has 1 fully saturated rings. The van der Waals surface area contributed by atoms with E-state index in [1.807, 2.05) is 0 Å². The van der Waals surface area contributed by atoms with E-state index in [0.717, 1.165) is 0 Å². The summed E-state index contributed by atoms with van der Waals surface area (Å²) in [6.07, 6.45) is 1.63. The van der Waals surface area contributed by atoms with E-state index in [4.69, 9.17) is 0 Å². The first-order chi connectivity index (χ1) is 8.99. The summed E-state index contributed by atoms with van der Waals surface area (Å²) in [7, 11) is 0. The molecule has 1 aromatic rings. The molecular formula is C12H12N4O3. The lowest BCUT2D eigenvalue weighted by atomic mass is 10.0. The van der Waals surface area contributed by atoms with Crippen molar-refractivity contribution in [3.8, 4) is 0 Å². The monoisotopic (exact) mass is 260 g/mol. The number of nitrogens with zero attached hydrogens (tertiary/aromatic N) is 2. The average Bonchev–Trinajstić information content (AvgIpc) is 2.79. The van der Waals surface area contributed by atoms with Gasteiger partial charge in [0, 0.05) is 6.20 Å². The molecule has 2 aliphatic rings. The van der Waals surface area contributed by atoms with Gasteiger partial charge in [-0.15, -0.1) is 0 Å². The predicted octanol–water partition coefficient (Wildman–Crippen LogP) is -0.364. The molecule has 3 rings (SSSR count). The van der Waals surface area contributed by atoms with Crippen LogP contribution in [0.5, 0.6) is 0 Å². The molecule has 7 heteroatoms. The van der Waals surface area contributed by atoms with Crippen LogP contribution >= 0.6 is 0 Å². The predicted molar refractivity (Wildman–Crippen MR) is 64.1 cm³/mol. The number of hydrogen-bond donors (Lipinski definition) is 2. The smallest absolute Gasteiger partial charge is 0.322 e. The van der Waals surface area contributed by atoms with E-state index < -0.39 is 17.5 Å². The first kappa shape index (κ1) is 11.6. The largest absolute Gasteiger partial charge is 0.330 e. The maximum Gasteiger partial charge on any atom is 0.322 e. The third-order valence-electron chi connectivity index (χ3n) is 3.37. The second kappa shape index (κ2) is 3.78. The summed E-state index contributed by atoms with van der Waals surface area (Å²) < 4.78 is 0. The Labute approximate surface area is 109 Å². The van der Waals surface area contributed by atoms with Gasteiger partial charge in [0.2, 0.25) is 0 Å². The Morgan fingerprint density at radius 1 is 1.42 bits per heavy atom. The van der Waals surface area contributed by atoms with Crippen LogP contribution in [0, 0.1) is 0 Å². The number of aromatic nitrogens is 1. The molecular weight excluding hydrogens is 248 g/mol. The minimum absolute atomic E-state index is 0.125. The van der Waals surface area contributed by atoms with Crippen LogP contribution < -0.4 is 10.6 Å². The third kappa shape index (κ3) is 1.74. The molecule has 0 aromatic carbocycles. The van der Waals surface area contributed by atoms with Gasteiger partial charge in [-0.1, -0.05) is 0 Å². The normalized spacial score (nSPS) is 25.3. The van der Waals surface area contributed by atoms with E-state index in [-0.39, 0.29) is 12.5 Å². The average molecular weight is 260 g/mol. The summed E-state index contributed by atoms with van der Waals surface area (Å²) in [5, 5.41) is 4.72. The molecule has 0 saturated carbocycles. The molecule has 2 N–H and O–H groups in total. The Morgan fingerprint density at radius 2 is 2.21 bits per heavy atom. The van der Waals surface area contributed by atoms with Crippen LogP contribution in [0.4, 0.5) is 4.79 Å². The van der Waals surface area contributed by atoms with Crippen molar-refractivity contribution in [3.05, 3.63) is 29.6 Å². The molecule has 98 valence electrons. The molecule has 0 bridgehead atoms. The molecule has 19 heavy (non-hydrogen) atoms. The van der Waals surface area contributed by atoms with Crippen molar-refractivity contribution in [1.82, 2.24) is 20.5 Å². The van der Waals surface area contributed by atoms with Crippen LogP contribution in [0.15, 0.2) is 18.3 Å². The highest BCUT2D eigenvalue weighted by Crippen LogP contribution is 2.23. The molecule has 1 unspecified atom stereocenters. The number of urea groups is 1. The Morgan fingerprint density at radius 3 is 2.84 bits per heavy atom. The zero-order valence-electron chi connectivity index (χ0n) is 10.3. The number of hydrogen-bond acceptors (Lipinski definition) is 4. The van der Waals surface area contributed by atoms with Gasteiger partial charge in [0.1, 0.15) is 5.54 Å². The number of carbonyl (C=O) groups excluding carboxylic acids is 3. The van der Waals surface area contributed by atoms with E-state index in [1.165, 1.54) is 4.90 Å². The lowest BCUT2D eigenvalue weighted by Crippen LogP contribution is -2.52. The quantitative estimate of drug-likeness (QED) is 0.710. The van der Waals surface area contributed by atoms with Gasteiger partial charge in [0.25, 0.3) is 11.8 Å². The van der Waals surface area contributed by atoms with Crippen LogP contribution in [0.25, 0.3) is 0 Å². The molecule has 4 amide bonds. The highest BCUT2D eigenvalue weighted by molar-refractivity contribution is 6.07. The Balaban J connectivity index is 1.82. The maximum atomic E-state index is 12.2. The van der Waals surface area contributed by atoms with Gasteiger partial charge < -0.3 is 10.2 Å².